The molecular weight excluding hydrogens is 288 g/mol. The number of carbonyl (C=O) groups excluding carboxylic acids is 2. The highest BCUT2D eigenvalue weighted by Gasteiger charge is 2.28. The molecule has 0 bridgehead atoms. The third kappa shape index (κ3) is 6.05. The molecule has 0 heterocycles. The molecule has 0 saturated carbocycles. The summed E-state index contributed by atoms with van der Waals surface area (Å²) >= 11 is 0. The molecule has 0 spiro atoms. The maximum Gasteiger partial charge on any atom is 0.242 e. The largest absolute Gasteiger partial charge is 0.350 e. The molecular formula is C19H30N2O2. The zero-order chi connectivity index (χ0) is 17.6. The van der Waals surface area contributed by atoms with Gasteiger partial charge in [0.2, 0.25) is 11.8 Å². The van der Waals surface area contributed by atoms with Crippen molar-refractivity contribution in [1.82, 2.24) is 10.2 Å². The Morgan fingerprint density at radius 3 is 2.35 bits per heavy atom. The van der Waals surface area contributed by atoms with E-state index in [1.54, 1.807) is 11.8 Å². The Hall–Kier alpha value is -1.84. The Kier molecular flexibility index (Phi) is 6.79. The van der Waals surface area contributed by atoms with Gasteiger partial charge in [0.25, 0.3) is 0 Å². The summed E-state index contributed by atoms with van der Waals surface area (Å²) in [5.41, 5.74) is 1.89. The first-order valence-corrected chi connectivity index (χ1v) is 8.31. The van der Waals surface area contributed by atoms with Crippen molar-refractivity contribution >= 4 is 11.8 Å². The second-order valence-electron chi connectivity index (χ2n) is 7.11. The Balaban J connectivity index is 2.98. The molecule has 2 amide bonds. The number of amides is 2. The van der Waals surface area contributed by atoms with E-state index in [0.29, 0.717) is 13.0 Å². The molecule has 1 rings (SSSR count). The molecule has 4 nitrogen and oxygen atoms in total. The molecule has 1 aromatic rings. The number of hydrogen-bond donors (Lipinski definition) is 1. The van der Waals surface area contributed by atoms with Crippen molar-refractivity contribution in [3.8, 4) is 0 Å². The predicted molar refractivity (Wildman–Crippen MR) is 94.0 cm³/mol. The summed E-state index contributed by atoms with van der Waals surface area (Å²) in [5.74, 6) is -0.0946. The van der Waals surface area contributed by atoms with E-state index in [4.69, 9.17) is 0 Å². The fraction of sp³-hybridized carbons (Fsp3) is 0.579. The minimum atomic E-state index is -0.493. The lowest BCUT2D eigenvalue weighted by atomic mass is 10.1. The number of nitrogens with zero attached hydrogens (tertiary/aromatic N) is 1. The van der Waals surface area contributed by atoms with Crippen molar-refractivity contribution in [3.05, 3.63) is 35.4 Å². The molecule has 4 heteroatoms. The van der Waals surface area contributed by atoms with Gasteiger partial charge in [0, 0.05) is 18.5 Å². The van der Waals surface area contributed by atoms with Crippen LogP contribution in [0, 0.1) is 6.92 Å². The van der Waals surface area contributed by atoms with Crippen LogP contribution in [0.2, 0.25) is 0 Å². The lowest BCUT2D eigenvalue weighted by Crippen LogP contribution is -2.52. The molecule has 0 aliphatic heterocycles. The van der Waals surface area contributed by atoms with Gasteiger partial charge in [0.05, 0.1) is 0 Å². The fourth-order valence-corrected chi connectivity index (χ4v) is 2.39. The molecule has 1 atom stereocenters. The number of aryl methyl sites for hydroxylation is 1. The van der Waals surface area contributed by atoms with Gasteiger partial charge in [0.1, 0.15) is 6.04 Å². The van der Waals surface area contributed by atoms with Crippen molar-refractivity contribution in [1.29, 1.82) is 0 Å². The molecule has 0 aliphatic rings. The average Bonchev–Trinajstić information content (AvgIpc) is 2.44. The van der Waals surface area contributed by atoms with Crippen LogP contribution in [-0.2, 0) is 16.1 Å². The van der Waals surface area contributed by atoms with Gasteiger partial charge in [-0.25, -0.2) is 0 Å². The number of hydrogen-bond acceptors (Lipinski definition) is 2. The SMILES string of the molecule is CCCC(=O)N(Cc1ccccc1C)[C@@H](C)C(=O)NC(C)(C)C. The highest BCUT2D eigenvalue weighted by molar-refractivity contribution is 5.87. The van der Waals surface area contributed by atoms with Crippen LogP contribution in [0.25, 0.3) is 0 Å². The number of rotatable bonds is 6. The van der Waals surface area contributed by atoms with E-state index >= 15 is 0 Å². The average molecular weight is 318 g/mol. The third-order valence-corrected chi connectivity index (χ3v) is 3.73. The van der Waals surface area contributed by atoms with Crippen molar-refractivity contribution in [2.24, 2.45) is 0 Å². The molecule has 0 saturated heterocycles. The van der Waals surface area contributed by atoms with Crippen molar-refractivity contribution < 1.29 is 9.59 Å². The monoisotopic (exact) mass is 318 g/mol. The topological polar surface area (TPSA) is 49.4 Å². The van der Waals surface area contributed by atoms with Crippen molar-refractivity contribution in [3.63, 3.8) is 0 Å². The van der Waals surface area contributed by atoms with Crippen LogP contribution in [0.5, 0.6) is 0 Å². The van der Waals surface area contributed by atoms with E-state index in [1.807, 2.05) is 58.9 Å². The zero-order valence-corrected chi connectivity index (χ0v) is 15.3. The molecule has 0 fully saturated rings. The summed E-state index contributed by atoms with van der Waals surface area (Å²) in [6, 6.07) is 7.48. The predicted octanol–water partition coefficient (Wildman–Crippen LogP) is 3.43. The van der Waals surface area contributed by atoms with Crippen LogP contribution in [-0.4, -0.2) is 28.3 Å². The van der Waals surface area contributed by atoms with Crippen LogP contribution in [0.3, 0.4) is 0 Å². The minimum absolute atomic E-state index is 0.0207. The normalized spacial score (nSPS) is 12.6. The Morgan fingerprint density at radius 2 is 1.83 bits per heavy atom. The van der Waals surface area contributed by atoms with Gasteiger partial charge in [-0.1, -0.05) is 31.2 Å². The third-order valence-electron chi connectivity index (χ3n) is 3.73. The minimum Gasteiger partial charge on any atom is -0.350 e. The maximum absolute atomic E-state index is 12.5. The van der Waals surface area contributed by atoms with Gasteiger partial charge in [-0.2, -0.15) is 0 Å². The van der Waals surface area contributed by atoms with E-state index in [1.165, 1.54) is 0 Å². The van der Waals surface area contributed by atoms with Gasteiger partial charge < -0.3 is 10.2 Å². The first kappa shape index (κ1) is 19.2. The Bertz CT molecular complexity index is 547. The lowest BCUT2D eigenvalue weighted by Gasteiger charge is -2.31. The molecule has 1 N–H and O–H groups in total. The number of benzene rings is 1. The highest BCUT2D eigenvalue weighted by Crippen LogP contribution is 2.15. The van der Waals surface area contributed by atoms with Crippen LogP contribution < -0.4 is 5.32 Å². The maximum atomic E-state index is 12.5. The summed E-state index contributed by atoms with van der Waals surface area (Å²) in [7, 11) is 0. The van der Waals surface area contributed by atoms with Crippen molar-refractivity contribution in [2.75, 3.05) is 0 Å². The zero-order valence-electron chi connectivity index (χ0n) is 15.3. The fourth-order valence-electron chi connectivity index (χ4n) is 2.39. The Labute approximate surface area is 140 Å². The van der Waals surface area contributed by atoms with Crippen LogP contribution in [0.1, 0.15) is 58.6 Å². The molecule has 23 heavy (non-hydrogen) atoms. The quantitative estimate of drug-likeness (QED) is 0.873. The van der Waals surface area contributed by atoms with E-state index in [9.17, 15) is 9.59 Å². The van der Waals surface area contributed by atoms with Gasteiger partial charge in [-0.15, -0.1) is 0 Å². The Morgan fingerprint density at radius 1 is 1.22 bits per heavy atom. The summed E-state index contributed by atoms with van der Waals surface area (Å²) in [4.78, 5) is 26.7. The van der Waals surface area contributed by atoms with Crippen LogP contribution in [0.15, 0.2) is 24.3 Å². The van der Waals surface area contributed by atoms with Crippen LogP contribution >= 0.6 is 0 Å². The van der Waals surface area contributed by atoms with E-state index < -0.39 is 6.04 Å². The smallest absolute Gasteiger partial charge is 0.242 e. The summed E-state index contributed by atoms with van der Waals surface area (Å²) in [5, 5.41) is 2.96. The first-order chi connectivity index (χ1) is 10.7. The standard InChI is InChI=1S/C19H30N2O2/c1-7-10-17(22)21(13-16-12-9-8-11-14(16)2)15(3)18(23)20-19(4,5)6/h8-9,11-12,15H,7,10,13H2,1-6H3,(H,20,23)/t15-/m0/s1. The van der Waals surface area contributed by atoms with Gasteiger partial charge >= 0.3 is 0 Å². The lowest BCUT2D eigenvalue weighted by molar-refractivity contribution is -0.141. The molecule has 0 aromatic heterocycles. The molecule has 128 valence electrons. The number of nitrogens with one attached hydrogen (secondary N) is 1. The second kappa shape index (κ2) is 8.14. The molecule has 0 radical (unpaired) electrons. The molecule has 0 unspecified atom stereocenters. The van der Waals surface area contributed by atoms with Gasteiger partial charge in [-0.05, 0) is 52.2 Å². The van der Waals surface area contributed by atoms with E-state index in [0.717, 1.165) is 17.5 Å². The summed E-state index contributed by atoms with van der Waals surface area (Å²) in [6.45, 7) is 12.1. The molecule has 1 aromatic carbocycles. The highest BCUT2D eigenvalue weighted by atomic mass is 16.2. The summed E-state index contributed by atoms with van der Waals surface area (Å²) in [6.07, 6.45) is 1.23. The first-order valence-electron chi connectivity index (χ1n) is 8.31. The second-order valence-corrected chi connectivity index (χ2v) is 7.11. The van der Waals surface area contributed by atoms with Gasteiger partial charge in [0.15, 0.2) is 0 Å². The number of carbonyl (C=O) groups is 2. The van der Waals surface area contributed by atoms with Crippen LogP contribution in [0.4, 0.5) is 0 Å². The summed E-state index contributed by atoms with van der Waals surface area (Å²) < 4.78 is 0. The van der Waals surface area contributed by atoms with Gasteiger partial charge in [-0.3, -0.25) is 9.59 Å². The van der Waals surface area contributed by atoms with E-state index in [-0.39, 0.29) is 17.4 Å². The van der Waals surface area contributed by atoms with Crippen molar-refractivity contribution in [2.45, 2.75) is 72.5 Å². The van der Waals surface area contributed by atoms with E-state index in [2.05, 4.69) is 5.32 Å². The molecule has 0 aliphatic carbocycles.